The van der Waals surface area contributed by atoms with Crippen LogP contribution in [0.5, 0.6) is 0 Å². The SMILES string of the molecule is COC1CCC(Nc2cccc3ccncc23)CC1. The Morgan fingerprint density at radius 2 is 2.00 bits per heavy atom. The molecule has 0 amide bonds. The Morgan fingerprint density at radius 3 is 2.79 bits per heavy atom. The molecule has 0 saturated heterocycles. The predicted octanol–water partition coefficient (Wildman–Crippen LogP) is 3.60. The van der Waals surface area contributed by atoms with E-state index in [1.54, 1.807) is 0 Å². The molecule has 1 fully saturated rings. The highest BCUT2D eigenvalue weighted by Gasteiger charge is 2.20. The van der Waals surface area contributed by atoms with E-state index < -0.39 is 0 Å². The lowest BCUT2D eigenvalue weighted by atomic mass is 9.92. The van der Waals surface area contributed by atoms with Gasteiger partial charge in [-0.3, -0.25) is 4.98 Å². The van der Waals surface area contributed by atoms with Crippen LogP contribution in [0.4, 0.5) is 5.69 Å². The summed E-state index contributed by atoms with van der Waals surface area (Å²) < 4.78 is 5.42. The fraction of sp³-hybridized carbons (Fsp3) is 0.438. The number of rotatable bonds is 3. The number of pyridine rings is 1. The number of benzene rings is 1. The standard InChI is InChI=1S/C16H20N2O/c1-19-14-7-5-13(6-8-14)18-16-4-2-3-12-9-10-17-11-15(12)16/h2-4,9-11,13-14,18H,5-8H2,1H3. The van der Waals surface area contributed by atoms with Gasteiger partial charge >= 0.3 is 0 Å². The summed E-state index contributed by atoms with van der Waals surface area (Å²) >= 11 is 0. The highest BCUT2D eigenvalue weighted by molar-refractivity contribution is 5.93. The predicted molar refractivity (Wildman–Crippen MR) is 78.4 cm³/mol. The minimum atomic E-state index is 0.451. The van der Waals surface area contributed by atoms with Crippen molar-refractivity contribution in [1.29, 1.82) is 0 Å². The summed E-state index contributed by atoms with van der Waals surface area (Å²) in [4.78, 5) is 4.23. The number of hydrogen-bond donors (Lipinski definition) is 1. The third-order valence-corrected chi connectivity index (χ3v) is 4.05. The van der Waals surface area contributed by atoms with Crippen molar-refractivity contribution in [1.82, 2.24) is 4.98 Å². The topological polar surface area (TPSA) is 34.1 Å². The van der Waals surface area contributed by atoms with Crippen LogP contribution < -0.4 is 5.32 Å². The number of anilines is 1. The van der Waals surface area contributed by atoms with E-state index in [1.807, 2.05) is 19.5 Å². The van der Waals surface area contributed by atoms with Crippen molar-refractivity contribution in [3.8, 4) is 0 Å². The van der Waals surface area contributed by atoms with E-state index in [-0.39, 0.29) is 0 Å². The second kappa shape index (κ2) is 5.57. The first-order valence-electron chi connectivity index (χ1n) is 6.99. The van der Waals surface area contributed by atoms with Gasteiger partial charge in [0.15, 0.2) is 0 Å². The van der Waals surface area contributed by atoms with Crippen LogP contribution in [-0.4, -0.2) is 24.2 Å². The molecule has 19 heavy (non-hydrogen) atoms. The fourth-order valence-electron chi connectivity index (χ4n) is 2.90. The molecule has 0 bridgehead atoms. The van der Waals surface area contributed by atoms with E-state index in [1.165, 1.54) is 29.3 Å². The summed E-state index contributed by atoms with van der Waals surface area (Å²) in [6.07, 6.45) is 8.89. The molecule has 0 radical (unpaired) electrons. The molecule has 1 N–H and O–H groups in total. The second-order valence-corrected chi connectivity index (χ2v) is 5.26. The Balaban J connectivity index is 1.75. The molecule has 3 rings (SSSR count). The van der Waals surface area contributed by atoms with Crippen LogP contribution in [0.1, 0.15) is 25.7 Å². The first-order valence-corrected chi connectivity index (χ1v) is 6.99. The minimum Gasteiger partial charge on any atom is -0.382 e. The number of nitrogens with zero attached hydrogens (tertiary/aromatic N) is 1. The molecular formula is C16H20N2O. The maximum Gasteiger partial charge on any atom is 0.0572 e. The first kappa shape index (κ1) is 12.4. The van der Waals surface area contributed by atoms with Crippen LogP contribution >= 0.6 is 0 Å². The van der Waals surface area contributed by atoms with Crippen LogP contribution in [0.2, 0.25) is 0 Å². The van der Waals surface area contributed by atoms with Crippen LogP contribution in [0.25, 0.3) is 10.8 Å². The number of ether oxygens (including phenoxy) is 1. The molecule has 0 unspecified atom stereocenters. The first-order chi connectivity index (χ1) is 9.36. The van der Waals surface area contributed by atoms with Crippen molar-refractivity contribution in [2.45, 2.75) is 37.8 Å². The van der Waals surface area contributed by atoms with Gasteiger partial charge in [-0.15, -0.1) is 0 Å². The molecule has 0 spiro atoms. The summed E-state index contributed by atoms with van der Waals surface area (Å²) in [6, 6.07) is 8.99. The van der Waals surface area contributed by atoms with Crippen LogP contribution in [0.15, 0.2) is 36.7 Å². The third kappa shape index (κ3) is 2.71. The van der Waals surface area contributed by atoms with Crippen molar-refractivity contribution in [2.24, 2.45) is 0 Å². The lowest BCUT2D eigenvalue weighted by Crippen LogP contribution is -2.29. The average molecular weight is 256 g/mol. The van der Waals surface area contributed by atoms with E-state index in [0.717, 1.165) is 12.8 Å². The van der Waals surface area contributed by atoms with Crippen molar-refractivity contribution in [2.75, 3.05) is 12.4 Å². The third-order valence-electron chi connectivity index (χ3n) is 4.05. The number of methoxy groups -OCH3 is 1. The highest BCUT2D eigenvalue weighted by atomic mass is 16.5. The molecule has 0 atom stereocenters. The van der Waals surface area contributed by atoms with Gasteiger partial charge in [-0.25, -0.2) is 0 Å². The summed E-state index contributed by atoms with van der Waals surface area (Å²) in [7, 11) is 1.81. The number of hydrogen-bond acceptors (Lipinski definition) is 3. The Bertz CT molecular complexity index is 542. The lowest BCUT2D eigenvalue weighted by Gasteiger charge is -2.29. The molecule has 1 aromatic carbocycles. The largest absolute Gasteiger partial charge is 0.382 e. The van der Waals surface area contributed by atoms with Crippen molar-refractivity contribution in [3.63, 3.8) is 0 Å². The maximum atomic E-state index is 5.42. The molecule has 3 heteroatoms. The number of fused-ring (bicyclic) bond motifs is 1. The summed E-state index contributed by atoms with van der Waals surface area (Å²) in [5.41, 5.74) is 1.20. The van der Waals surface area contributed by atoms with Gasteiger partial charge in [0.2, 0.25) is 0 Å². The lowest BCUT2D eigenvalue weighted by molar-refractivity contribution is 0.0682. The monoisotopic (exact) mass is 256 g/mol. The smallest absolute Gasteiger partial charge is 0.0572 e. The molecule has 100 valence electrons. The average Bonchev–Trinajstić information content (AvgIpc) is 2.48. The number of nitrogens with one attached hydrogen (secondary N) is 1. The molecule has 2 aromatic rings. The minimum absolute atomic E-state index is 0.451. The van der Waals surface area contributed by atoms with Gasteiger partial charge in [0.05, 0.1) is 6.10 Å². The highest BCUT2D eigenvalue weighted by Crippen LogP contribution is 2.27. The molecule has 1 aliphatic rings. The second-order valence-electron chi connectivity index (χ2n) is 5.26. The van der Waals surface area contributed by atoms with Crippen molar-refractivity contribution < 1.29 is 4.74 Å². The Morgan fingerprint density at radius 1 is 1.16 bits per heavy atom. The van der Waals surface area contributed by atoms with E-state index in [9.17, 15) is 0 Å². The zero-order valence-electron chi connectivity index (χ0n) is 11.3. The van der Waals surface area contributed by atoms with Gasteiger partial charge in [-0.05, 0) is 43.2 Å². The van der Waals surface area contributed by atoms with Crippen molar-refractivity contribution >= 4 is 16.5 Å². The van der Waals surface area contributed by atoms with Gasteiger partial charge in [-0.2, -0.15) is 0 Å². The summed E-state index contributed by atoms with van der Waals surface area (Å²) in [6.45, 7) is 0. The van der Waals surface area contributed by atoms with Gasteiger partial charge in [0.1, 0.15) is 0 Å². The summed E-state index contributed by atoms with van der Waals surface area (Å²) in [5, 5.41) is 6.12. The van der Waals surface area contributed by atoms with Gasteiger partial charge in [-0.1, -0.05) is 12.1 Å². The van der Waals surface area contributed by atoms with Gasteiger partial charge in [0, 0.05) is 36.6 Å². The fourth-order valence-corrected chi connectivity index (χ4v) is 2.90. The van der Waals surface area contributed by atoms with Crippen molar-refractivity contribution in [3.05, 3.63) is 36.7 Å². The quantitative estimate of drug-likeness (QED) is 0.911. The van der Waals surface area contributed by atoms with Crippen LogP contribution in [0.3, 0.4) is 0 Å². The number of aromatic nitrogens is 1. The zero-order valence-corrected chi connectivity index (χ0v) is 11.3. The molecule has 3 nitrogen and oxygen atoms in total. The molecule has 1 saturated carbocycles. The van der Waals surface area contributed by atoms with Crippen LogP contribution in [0, 0.1) is 0 Å². The molecule has 0 aliphatic heterocycles. The normalized spacial score (nSPS) is 23.4. The van der Waals surface area contributed by atoms with Gasteiger partial charge in [0.25, 0.3) is 0 Å². The van der Waals surface area contributed by atoms with E-state index in [0.29, 0.717) is 12.1 Å². The maximum absolute atomic E-state index is 5.42. The van der Waals surface area contributed by atoms with Crippen LogP contribution in [-0.2, 0) is 4.74 Å². The molecule has 1 aromatic heterocycles. The van der Waals surface area contributed by atoms with E-state index in [4.69, 9.17) is 4.74 Å². The van der Waals surface area contributed by atoms with Gasteiger partial charge < -0.3 is 10.1 Å². The zero-order chi connectivity index (χ0) is 13.1. The Labute approximate surface area is 114 Å². The molecule has 1 aliphatic carbocycles. The van der Waals surface area contributed by atoms with E-state index >= 15 is 0 Å². The summed E-state index contributed by atoms with van der Waals surface area (Å²) in [5.74, 6) is 0. The Hall–Kier alpha value is -1.61. The Kier molecular flexibility index (Phi) is 3.65. The van der Waals surface area contributed by atoms with E-state index in [2.05, 4.69) is 34.6 Å². The molecule has 1 heterocycles. The molecular weight excluding hydrogens is 236 g/mol.